The van der Waals surface area contributed by atoms with Crippen molar-refractivity contribution in [3.63, 3.8) is 0 Å². The van der Waals surface area contributed by atoms with Crippen molar-refractivity contribution in [1.29, 1.82) is 5.26 Å². The largest absolute Gasteiger partial charge is 0.495 e. The molecule has 0 radical (unpaired) electrons. The molecular formula is C27H32N6O3. The maximum Gasteiger partial charge on any atom is 0.220 e. The van der Waals surface area contributed by atoms with E-state index >= 15 is 0 Å². The molecule has 9 nitrogen and oxygen atoms in total. The van der Waals surface area contributed by atoms with Crippen molar-refractivity contribution in [3.8, 4) is 23.7 Å². The van der Waals surface area contributed by atoms with Crippen molar-refractivity contribution in [1.82, 2.24) is 15.2 Å². The number of anilines is 2. The molecule has 1 fully saturated rings. The number of methoxy groups -OCH3 is 1. The van der Waals surface area contributed by atoms with Gasteiger partial charge in [-0.3, -0.25) is 4.79 Å². The van der Waals surface area contributed by atoms with Gasteiger partial charge in [-0.15, -0.1) is 0 Å². The lowest BCUT2D eigenvalue weighted by Gasteiger charge is -2.29. The van der Waals surface area contributed by atoms with Crippen molar-refractivity contribution in [2.24, 2.45) is 0 Å². The predicted octanol–water partition coefficient (Wildman–Crippen LogP) is 3.35. The number of furan rings is 1. The van der Waals surface area contributed by atoms with Crippen molar-refractivity contribution >= 4 is 28.9 Å². The molecule has 1 aromatic carbocycles. The normalized spacial score (nSPS) is 13.4. The molecule has 3 N–H and O–H groups in total. The number of carbonyl (C=O) groups excluding carboxylic acids is 1. The minimum absolute atomic E-state index is 0.207. The smallest absolute Gasteiger partial charge is 0.220 e. The third-order valence-corrected chi connectivity index (χ3v) is 5.80. The minimum Gasteiger partial charge on any atom is -0.495 e. The van der Waals surface area contributed by atoms with Gasteiger partial charge in [-0.1, -0.05) is 17.9 Å². The van der Waals surface area contributed by atoms with Gasteiger partial charge in [-0.05, 0) is 63.7 Å². The summed E-state index contributed by atoms with van der Waals surface area (Å²) in [4.78, 5) is 15.9. The number of aromatic nitrogens is 1. The highest BCUT2D eigenvalue weighted by Gasteiger charge is 2.18. The number of nitrogens with zero attached hydrogens (tertiary/aromatic N) is 3. The van der Waals surface area contributed by atoms with E-state index in [0.717, 1.165) is 54.1 Å². The number of piperidine rings is 1. The molecule has 1 aliphatic rings. The molecule has 188 valence electrons. The number of amides is 1. The van der Waals surface area contributed by atoms with Crippen molar-refractivity contribution in [2.45, 2.75) is 25.8 Å². The molecule has 9 heteroatoms. The Hall–Kier alpha value is -4.21. The zero-order chi connectivity index (χ0) is 25.9. The Balaban J connectivity index is 0.000000840. The summed E-state index contributed by atoms with van der Waals surface area (Å²) < 4.78 is 11.1. The highest BCUT2D eigenvalue weighted by atomic mass is 16.5. The standard InChI is InChI=1S/C25H27N5O2.C2H5NO/c1-17-6-7-21(22(13-17)31-3)27-10-4-5-19-20-14-25(28-16-24(20)32-23(19)15-26)29-18-8-11-30(2)12-9-18;1-3-2-4/h6-7,13-14,16,18,27H,8-12H2,1-3H3,(H,28,29);2H,1H3,(H,3,4). The molecule has 4 rings (SSSR count). The number of hydrogen-bond acceptors (Lipinski definition) is 8. The van der Waals surface area contributed by atoms with E-state index in [1.165, 1.54) is 0 Å². The van der Waals surface area contributed by atoms with E-state index in [-0.39, 0.29) is 5.76 Å². The number of rotatable bonds is 6. The van der Waals surface area contributed by atoms with Gasteiger partial charge < -0.3 is 30.0 Å². The molecule has 0 bridgehead atoms. The number of nitrogens with one attached hydrogen (secondary N) is 3. The molecule has 1 aliphatic heterocycles. The molecule has 1 amide bonds. The fraction of sp³-hybridized carbons (Fsp3) is 0.370. The van der Waals surface area contributed by atoms with Crippen LogP contribution in [-0.4, -0.2) is 63.2 Å². The Kier molecular flexibility index (Phi) is 9.56. The average Bonchev–Trinajstić information content (AvgIpc) is 3.25. The summed E-state index contributed by atoms with van der Waals surface area (Å²) in [6, 6.07) is 10.4. The fourth-order valence-corrected chi connectivity index (χ4v) is 3.86. The molecule has 0 aliphatic carbocycles. The van der Waals surface area contributed by atoms with E-state index in [1.54, 1.807) is 20.4 Å². The van der Waals surface area contributed by atoms with Crippen LogP contribution in [0.25, 0.3) is 11.0 Å². The first-order valence-electron chi connectivity index (χ1n) is 11.7. The zero-order valence-electron chi connectivity index (χ0n) is 21.1. The molecule has 36 heavy (non-hydrogen) atoms. The summed E-state index contributed by atoms with van der Waals surface area (Å²) in [6.07, 6.45) is 4.44. The maximum absolute atomic E-state index is 9.52. The highest BCUT2D eigenvalue weighted by molar-refractivity contribution is 5.88. The van der Waals surface area contributed by atoms with E-state index in [2.05, 4.69) is 50.8 Å². The summed E-state index contributed by atoms with van der Waals surface area (Å²) in [6.45, 7) is 4.56. The van der Waals surface area contributed by atoms with Gasteiger partial charge in [0, 0.05) is 18.5 Å². The summed E-state index contributed by atoms with van der Waals surface area (Å²) in [5, 5.41) is 19.4. The minimum atomic E-state index is 0.207. The van der Waals surface area contributed by atoms with Crippen molar-refractivity contribution in [3.05, 3.63) is 47.3 Å². The average molecular weight is 489 g/mol. The van der Waals surface area contributed by atoms with Gasteiger partial charge in [0.05, 0.1) is 31.1 Å². The monoisotopic (exact) mass is 488 g/mol. The lowest BCUT2D eigenvalue weighted by Crippen LogP contribution is -2.36. The first-order chi connectivity index (χ1) is 17.5. The number of likely N-dealkylation sites (tertiary alicyclic amines) is 1. The number of hydrogen-bond donors (Lipinski definition) is 3. The number of aryl methyl sites for hydroxylation is 1. The first-order valence-corrected chi connectivity index (χ1v) is 11.7. The van der Waals surface area contributed by atoms with Crippen LogP contribution in [0, 0.1) is 30.1 Å². The van der Waals surface area contributed by atoms with Crippen LogP contribution in [0.3, 0.4) is 0 Å². The van der Waals surface area contributed by atoms with E-state index in [4.69, 9.17) is 13.9 Å². The van der Waals surface area contributed by atoms with Crippen LogP contribution in [-0.2, 0) is 4.79 Å². The highest BCUT2D eigenvalue weighted by Crippen LogP contribution is 2.27. The van der Waals surface area contributed by atoms with Crippen LogP contribution >= 0.6 is 0 Å². The van der Waals surface area contributed by atoms with Crippen LogP contribution < -0.4 is 20.7 Å². The summed E-state index contributed by atoms with van der Waals surface area (Å²) >= 11 is 0. The Morgan fingerprint density at radius 3 is 2.72 bits per heavy atom. The molecular weight excluding hydrogens is 456 g/mol. The van der Waals surface area contributed by atoms with Gasteiger partial charge in [0.15, 0.2) is 5.58 Å². The van der Waals surface area contributed by atoms with Gasteiger partial charge in [0.2, 0.25) is 12.2 Å². The van der Waals surface area contributed by atoms with Crippen LogP contribution in [0.15, 0.2) is 34.9 Å². The molecule has 0 saturated carbocycles. The van der Waals surface area contributed by atoms with Crippen LogP contribution in [0.5, 0.6) is 5.75 Å². The molecule has 1 saturated heterocycles. The van der Waals surface area contributed by atoms with E-state index < -0.39 is 0 Å². The molecule has 3 aromatic rings. The van der Waals surface area contributed by atoms with Crippen LogP contribution in [0.4, 0.5) is 11.5 Å². The van der Waals surface area contributed by atoms with Gasteiger partial charge in [0.25, 0.3) is 0 Å². The van der Waals surface area contributed by atoms with Crippen LogP contribution in [0.1, 0.15) is 29.7 Å². The second-order valence-electron chi connectivity index (χ2n) is 8.47. The predicted molar refractivity (Wildman–Crippen MR) is 141 cm³/mol. The number of pyridine rings is 1. The molecule has 0 unspecified atom stereocenters. The van der Waals surface area contributed by atoms with Gasteiger partial charge >= 0.3 is 0 Å². The first kappa shape index (κ1) is 26.4. The third-order valence-electron chi connectivity index (χ3n) is 5.80. The van der Waals surface area contributed by atoms with Gasteiger partial charge in [-0.25, -0.2) is 4.98 Å². The maximum atomic E-state index is 9.52. The van der Waals surface area contributed by atoms with Gasteiger partial charge in [0.1, 0.15) is 17.6 Å². The van der Waals surface area contributed by atoms with E-state index in [1.807, 2.05) is 31.2 Å². The number of benzene rings is 1. The zero-order valence-corrected chi connectivity index (χ0v) is 21.1. The number of fused-ring (bicyclic) bond motifs is 1. The molecule has 2 aromatic heterocycles. The quantitative estimate of drug-likeness (QED) is 0.357. The second-order valence-corrected chi connectivity index (χ2v) is 8.47. The molecule has 0 spiro atoms. The Morgan fingerprint density at radius 1 is 1.31 bits per heavy atom. The van der Waals surface area contributed by atoms with Crippen molar-refractivity contribution in [2.75, 3.05) is 51.5 Å². The number of carbonyl (C=O) groups is 1. The second kappa shape index (κ2) is 13.0. The summed E-state index contributed by atoms with van der Waals surface area (Å²) in [5.41, 5.74) is 3.15. The fourth-order valence-electron chi connectivity index (χ4n) is 3.86. The molecule has 3 heterocycles. The summed E-state index contributed by atoms with van der Waals surface area (Å²) in [5.74, 6) is 7.97. The van der Waals surface area contributed by atoms with Crippen LogP contribution in [0.2, 0.25) is 0 Å². The SMILES string of the molecule is CNC=O.COc1cc(C)ccc1NCC#Cc1c(C#N)oc2cnc(NC3CCN(C)CC3)cc12. The number of ether oxygens (including phenoxy) is 1. The summed E-state index contributed by atoms with van der Waals surface area (Å²) in [7, 11) is 5.35. The van der Waals surface area contributed by atoms with E-state index in [9.17, 15) is 5.26 Å². The Bertz CT molecular complexity index is 1280. The van der Waals surface area contributed by atoms with Crippen molar-refractivity contribution < 1.29 is 13.9 Å². The van der Waals surface area contributed by atoms with E-state index in [0.29, 0.717) is 30.1 Å². The lowest BCUT2D eigenvalue weighted by atomic mass is 10.1. The Labute approximate surface area is 211 Å². The molecule has 0 atom stereocenters. The number of nitriles is 1. The Morgan fingerprint density at radius 2 is 2.06 bits per heavy atom. The topological polar surface area (TPSA) is 115 Å². The third kappa shape index (κ3) is 6.91. The van der Waals surface area contributed by atoms with Gasteiger partial charge in [-0.2, -0.15) is 5.26 Å². The lowest BCUT2D eigenvalue weighted by molar-refractivity contribution is -0.109.